The molecule has 3 rings (SSSR count). The lowest BCUT2D eigenvalue weighted by molar-refractivity contribution is 0.251. The number of hydrogen-bond donors (Lipinski definition) is 2. The summed E-state index contributed by atoms with van der Waals surface area (Å²) in [5, 5.41) is 5.74. The minimum Gasteiger partial charge on any atom is -0.369 e. The Hall–Kier alpha value is -2.05. The topological polar surface area (TPSA) is 47.6 Å². The van der Waals surface area contributed by atoms with Gasteiger partial charge in [-0.05, 0) is 49.0 Å². The maximum atomic E-state index is 12.0. The molecule has 0 unspecified atom stereocenters. The van der Waals surface area contributed by atoms with Gasteiger partial charge in [-0.25, -0.2) is 4.79 Å². The van der Waals surface area contributed by atoms with Crippen molar-refractivity contribution in [2.75, 3.05) is 43.4 Å². The molecule has 132 valence electrons. The Labute approximate surface area is 157 Å². The Morgan fingerprint density at radius 1 is 1.00 bits per heavy atom. The number of nitrogens with one attached hydrogen (secondary N) is 2. The molecule has 0 bridgehead atoms. The highest BCUT2D eigenvalue weighted by Crippen LogP contribution is 2.19. The van der Waals surface area contributed by atoms with E-state index in [1.165, 1.54) is 5.69 Å². The third-order valence-corrected chi connectivity index (χ3v) is 4.89. The molecular formula is C19H23BrN4O. The van der Waals surface area contributed by atoms with Crippen LogP contribution in [0.3, 0.4) is 0 Å². The highest BCUT2D eigenvalue weighted by Gasteiger charge is 2.14. The van der Waals surface area contributed by atoms with Crippen LogP contribution in [0.4, 0.5) is 16.2 Å². The zero-order valence-corrected chi connectivity index (χ0v) is 15.9. The number of rotatable bonds is 4. The molecule has 0 saturated carbocycles. The quantitative estimate of drug-likeness (QED) is 0.822. The molecule has 0 radical (unpaired) electrons. The highest BCUT2D eigenvalue weighted by molar-refractivity contribution is 9.10. The zero-order chi connectivity index (χ0) is 17.6. The van der Waals surface area contributed by atoms with Gasteiger partial charge in [-0.2, -0.15) is 0 Å². The molecule has 5 nitrogen and oxygen atoms in total. The van der Waals surface area contributed by atoms with Gasteiger partial charge in [-0.15, -0.1) is 0 Å². The standard InChI is InChI=1S/C19H23BrN4O/c1-23-10-12-24(13-11-23)18-8-6-17(7-9-18)22-19(25)21-14-15-2-4-16(20)5-3-15/h2-9H,10-14H2,1H3,(H2,21,22,25). The first-order valence-electron chi connectivity index (χ1n) is 8.43. The van der Waals surface area contributed by atoms with Crippen LogP contribution in [-0.2, 0) is 6.54 Å². The van der Waals surface area contributed by atoms with E-state index in [0.717, 1.165) is 41.9 Å². The molecule has 0 aliphatic carbocycles. The fourth-order valence-electron chi connectivity index (χ4n) is 2.78. The first kappa shape index (κ1) is 17.8. The summed E-state index contributed by atoms with van der Waals surface area (Å²) in [7, 11) is 2.15. The third kappa shape index (κ3) is 5.21. The van der Waals surface area contributed by atoms with E-state index in [1.807, 2.05) is 36.4 Å². The van der Waals surface area contributed by atoms with E-state index in [2.05, 4.69) is 55.5 Å². The second-order valence-electron chi connectivity index (χ2n) is 6.27. The summed E-state index contributed by atoms with van der Waals surface area (Å²) in [5.41, 5.74) is 3.06. The summed E-state index contributed by atoms with van der Waals surface area (Å²) in [6, 6.07) is 15.7. The maximum absolute atomic E-state index is 12.0. The fraction of sp³-hybridized carbons (Fsp3) is 0.316. The first-order chi connectivity index (χ1) is 12.1. The number of amides is 2. The summed E-state index contributed by atoms with van der Waals surface area (Å²) in [4.78, 5) is 16.7. The molecule has 2 N–H and O–H groups in total. The number of carbonyl (C=O) groups is 1. The number of halogens is 1. The van der Waals surface area contributed by atoms with E-state index >= 15 is 0 Å². The number of benzene rings is 2. The third-order valence-electron chi connectivity index (χ3n) is 4.36. The molecule has 1 aliphatic rings. The van der Waals surface area contributed by atoms with Crippen LogP contribution in [0, 0.1) is 0 Å². The van der Waals surface area contributed by atoms with Gasteiger partial charge < -0.3 is 20.4 Å². The van der Waals surface area contributed by atoms with Crippen LogP contribution in [0.25, 0.3) is 0 Å². The summed E-state index contributed by atoms with van der Waals surface area (Å²) >= 11 is 3.40. The number of hydrogen-bond acceptors (Lipinski definition) is 3. The Bertz CT molecular complexity index is 694. The van der Waals surface area contributed by atoms with Crippen molar-refractivity contribution in [2.24, 2.45) is 0 Å². The van der Waals surface area contributed by atoms with Gasteiger partial charge in [0.15, 0.2) is 0 Å². The summed E-state index contributed by atoms with van der Waals surface area (Å²) in [6.45, 7) is 4.74. The van der Waals surface area contributed by atoms with Crippen LogP contribution in [0.5, 0.6) is 0 Å². The molecule has 2 amide bonds. The van der Waals surface area contributed by atoms with Gasteiger partial charge in [0.25, 0.3) is 0 Å². The summed E-state index contributed by atoms with van der Waals surface area (Å²) in [6.07, 6.45) is 0. The predicted molar refractivity (Wildman–Crippen MR) is 106 cm³/mol. The number of piperazine rings is 1. The smallest absolute Gasteiger partial charge is 0.319 e. The molecule has 1 saturated heterocycles. The molecule has 0 spiro atoms. The first-order valence-corrected chi connectivity index (χ1v) is 9.22. The highest BCUT2D eigenvalue weighted by atomic mass is 79.9. The largest absolute Gasteiger partial charge is 0.369 e. The second-order valence-corrected chi connectivity index (χ2v) is 7.19. The van der Waals surface area contributed by atoms with Gasteiger partial charge in [0.05, 0.1) is 0 Å². The Morgan fingerprint density at radius 2 is 1.64 bits per heavy atom. The Morgan fingerprint density at radius 3 is 2.28 bits per heavy atom. The van der Waals surface area contributed by atoms with E-state index in [1.54, 1.807) is 0 Å². The Balaban J connectivity index is 1.49. The van der Waals surface area contributed by atoms with E-state index < -0.39 is 0 Å². The molecule has 0 atom stereocenters. The zero-order valence-electron chi connectivity index (χ0n) is 14.3. The van der Waals surface area contributed by atoms with Crippen molar-refractivity contribution in [1.29, 1.82) is 0 Å². The lowest BCUT2D eigenvalue weighted by Gasteiger charge is -2.34. The van der Waals surface area contributed by atoms with Crippen LogP contribution in [0.1, 0.15) is 5.56 Å². The maximum Gasteiger partial charge on any atom is 0.319 e. The van der Waals surface area contributed by atoms with Crippen molar-refractivity contribution in [3.05, 3.63) is 58.6 Å². The van der Waals surface area contributed by atoms with E-state index in [-0.39, 0.29) is 6.03 Å². The van der Waals surface area contributed by atoms with E-state index in [0.29, 0.717) is 6.54 Å². The molecule has 1 fully saturated rings. The van der Waals surface area contributed by atoms with Crippen LogP contribution in [0.2, 0.25) is 0 Å². The van der Waals surface area contributed by atoms with Crippen molar-refractivity contribution in [3.63, 3.8) is 0 Å². The van der Waals surface area contributed by atoms with Crippen molar-refractivity contribution in [1.82, 2.24) is 10.2 Å². The molecule has 0 aromatic heterocycles. The van der Waals surface area contributed by atoms with Crippen LogP contribution in [0.15, 0.2) is 53.0 Å². The number of nitrogens with zero attached hydrogens (tertiary/aromatic N) is 2. The minimum atomic E-state index is -0.199. The number of urea groups is 1. The van der Waals surface area contributed by atoms with E-state index in [9.17, 15) is 4.79 Å². The summed E-state index contributed by atoms with van der Waals surface area (Å²) in [5.74, 6) is 0. The van der Waals surface area contributed by atoms with Gasteiger partial charge in [0.2, 0.25) is 0 Å². The van der Waals surface area contributed by atoms with Crippen LogP contribution < -0.4 is 15.5 Å². The molecule has 2 aromatic rings. The number of carbonyl (C=O) groups excluding carboxylic acids is 1. The average molecular weight is 403 g/mol. The van der Waals surface area contributed by atoms with Gasteiger partial charge in [0.1, 0.15) is 0 Å². The van der Waals surface area contributed by atoms with Gasteiger partial charge in [-0.3, -0.25) is 0 Å². The SMILES string of the molecule is CN1CCN(c2ccc(NC(=O)NCc3ccc(Br)cc3)cc2)CC1. The van der Waals surface area contributed by atoms with Crippen LogP contribution >= 0.6 is 15.9 Å². The van der Waals surface area contributed by atoms with Gasteiger partial charge in [0, 0.05) is 48.6 Å². The molecule has 25 heavy (non-hydrogen) atoms. The number of likely N-dealkylation sites (N-methyl/N-ethyl adjacent to an activating group) is 1. The normalized spacial score (nSPS) is 15.0. The minimum absolute atomic E-state index is 0.199. The lowest BCUT2D eigenvalue weighted by atomic mass is 10.2. The average Bonchev–Trinajstić information content (AvgIpc) is 2.63. The number of anilines is 2. The lowest BCUT2D eigenvalue weighted by Crippen LogP contribution is -2.44. The van der Waals surface area contributed by atoms with Crippen molar-refractivity contribution < 1.29 is 4.79 Å². The van der Waals surface area contributed by atoms with Gasteiger partial charge >= 0.3 is 6.03 Å². The van der Waals surface area contributed by atoms with Crippen LogP contribution in [-0.4, -0.2) is 44.2 Å². The van der Waals surface area contributed by atoms with E-state index in [4.69, 9.17) is 0 Å². The fourth-order valence-corrected chi connectivity index (χ4v) is 3.04. The van der Waals surface area contributed by atoms with Crippen molar-refractivity contribution >= 4 is 33.3 Å². The Kier molecular flexibility index (Phi) is 5.94. The molecule has 6 heteroatoms. The van der Waals surface area contributed by atoms with Gasteiger partial charge in [-0.1, -0.05) is 28.1 Å². The molecular weight excluding hydrogens is 380 g/mol. The molecule has 2 aromatic carbocycles. The molecule has 1 heterocycles. The molecule has 1 aliphatic heterocycles. The van der Waals surface area contributed by atoms with Crippen molar-refractivity contribution in [3.8, 4) is 0 Å². The predicted octanol–water partition coefficient (Wildman–Crippen LogP) is 3.52. The van der Waals surface area contributed by atoms with Crippen molar-refractivity contribution in [2.45, 2.75) is 6.54 Å². The monoisotopic (exact) mass is 402 g/mol. The second kappa shape index (κ2) is 8.36. The summed E-state index contributed by atoms with van der Waals surface area (Å²) < 4.78 is 1.03.